The van der Waals surface area contributed by atoms with Gasteiger partial charge in [0.15, 0.2) is 0 Å². The topological polar surface area (TPSA) is 21.3 Å². The van der Waals surface area contributed by atoms with Gasteiger partial charge in [0.05, 0.1) is 13.2 Å². The molecule has 1 atom stereocenters. The zero-order valence-electron chi connectivity index (χ0n) is 12.5. The summed E-state index contributed by atoms with van der Waals surface area (Å²) in [4.78, 5) is 0. The molecule has 1 N–H and O–H groups in total. The van der Waals surface area contributed by atoms with Gasteiger partial charge >= 0.3 is 0 Å². The Balaban J connectivity index is 2.35. The predicted molar refractivity (Wildman–Crippen MR) is 84.3 cm³/mol. The number of nitrogens with one attached hydrogen (secondary N) is 1. The lowest BCUT2D eigenvalue weighted by Crippen LogP contribution is -2.23. The summed E-state index contributed by atoms with van der Waals surface area (Å²) in [5, 5.41) is 3.62. The molecular formula is C18H23NO. The first kappa shape index (κ1) is 14.6. The fourth-order valence-corrected chi connectivity index (χ4v) is 2.39. The summed E-state index contributed by atoms with van der Waals surface area (Å²) < 4.78 is 5.34. The summed E-state index contributed by atoms with van der Waals surface area (Å²) in [6.45, 7) is 5.31. The van der Waals surface area contributed by atoms with E-state index in [4.69, 9.17) is 4.74 Å². The van der Waals surface area contributed by atoms with Gasteiger partial charge in [-0.05, 0) is 43.1 Å². The summed E-state index contributed by atoms with van der Waals surface area (Å²) in [5.74, 6) is 0.901. The number of hydrogen-bond donors (Lipinski definition) is 1. The van der Waals surface area contributed by atoms with E-state index in [1.54, 1.807) is 7.11 Å². The lowest BCUT2D eigenvalue weighted by atomic mass is 9.97. The number of ether oxygens (including phenoxy) is 1. The van der Waals surface area contributed by atoms with Crippen LogP contribution < -0.4 is 10.1 Å². The van der Waals surface area contributed by atoms with Crippen molar-refractivity contribution in [2.24, 2.45) is 0 Å². The van der Waals surface area contributed by atoms with E-state index in [0.717, 1.165) is 18.7 Å². The van der Waals surface area contributed by atoms with Gasteiger partial charge in [0.2, 0.25) is 0 Å². The third kappa shape index (κ3) is 3.61. The third-order valence-electron chi connectivity index (χ3n) is 3.40. The van der Waals surface area contributed by atoms with Crippen LogP contribution in [0.25, 0.3) is 0 Å². The van der Waals surface area contributed by atoms with Crippen molar-refractivity contribution in [2.75, 3.05) is 13.7 Å². The molecule has 0 fully saturated rings. The quantitative estimate of drug-likeness (QED) is 0.852. The van der Waals surface area contributed by atoms with E-state index < -0.39 is 0 Å². The molecule has 0 saturated carbocycles. The SMILES string of the molecule is CCCNC(c1cccc(C)c1)c1cccc(OC)c1. The van der Waals surface area contributed by atoms with E-state index in [1.165, 1.54) is 16.7 Å². The van der Waals surface area contributed by atoms with E-state index in [9.17, 15) is 0 Å². The van der Waals surface area contributed by atoms with Gasteiger partial charge in [-0.3, -0.25) is 0 Å². The van der Waals surface area contributed by atoms with Gasteiger partial charge < -0.3 is 10.1 Å². The highest BCUT2D eigenvalue weighted by Gasteiger charge is 2.13. The molecule has 0 saturated heterocycles. The average molecular weight is 269 g/mol. The van der Waals surface area contributed by atoms with Crippen LogP contribution in [0, 0.1) is 6.92 Å². The van der Waals surface area contributed by atoms with Crippen molar-refractivity contribution in [2.45, 2.75) is 26.3 Å². The van der Waals surface area contributed by atoms with Crippen LogP contribution in [0.1, 0.15) is 36.1 Å². The first-order valence-corrected chi connectivity index (χ1v) is 7.18. The smallest absolute Gasteiger partial charge is 0.119 e. The van der Waals surface area contributed by atoms with Crippen molar-refractivity contribution < 1.29 is 4.74 Å². The minimum atomic E-state index is 0.213. The van der Waals surface area contributed by atoms with Gasteiger partial charge in [0, 0.05) is 0 Å². The molecule has 0 amide bonds. The fourth-order valence-electron chi connectivity index (χ4n) is 2.39. The molecule has 0 bridgehead atoms. The molecule has 0 aliphatic rings. The van der Waals surface area contributed by atoms with E-state index in [0.29, 0.717) is 0 Å². The van der Waals surface area contributed by atoms with Gasteiger partial charge in [-0.15, -0.1) is 0 Å². The molecule has 0 spiro atoms. The van der Waals surface area contributed by atoms with Gasteiger partial charge in [-0.1, -0.05) is 48.9 Å². The van der Waals surface area contributed by atoms with Crippen LogP contribution in [0.3, 0.4) is 0 Å². The minimum absolute atomic E-state index is 0.213. The largest absolute Gasteiger partial charge is 0.497 e. The lowest BCUT2D eigenvalue weighted by molar-refractivity contribution is 0.413. The van der Waals surface area contributed by atoms with Crippen LogP contribution in [0.15, 0.2) is 48.5 Å². The van der Waals surface area contributed by atoms with Crippen LogP contribution in [0.5, 0.6) is 5.75 Å². The normalized spacial score (nSPS) is 12.2. The van der Waals surface area contributed by atoms with Crippen molar-refractivity contribution in [1.29, 1.82) is 0 Å². The maximum Gasteiger partial charge on any atom is 0.119 e. The summed E-state index contributed by atoms with van der Waals surface area (Å²) in [6, 6.07) is 17.2. The molecule has 20 heavy (non-hydrogen) atoms. The number of benzene rings is 2. The Bertz CT molecular complexity index is 551. The molecule has 2 aromatic rings. The number of methoxy groups -OCH3 is 1. The maximum absolute atomic E-state index is 5.34. The van der Waals surface area contributed by atoms with Gasteiger partial charge in [-0.2, -0.15) is 0 Å². The molecule has 1 unspecified atom stereocenters. The Hall–Kier alpha value is -1.80. The van der Waals surface area contributed by atoms with Crippen molar-refractivity contribution in [3.05, 3.63) is 65.2 Å². The molecular weight excluding hydrogens is 246 g/mol. The lowest BCUT2D eigenvalue weighted by Gasteiger charge is -2.20. The highest BCUT2D eigenvalue weighted by Crippen LogP contribution is 2.25. The molecule has 0 radical (unpaired) electrons. The molecule has 0 aromatic heterocycles. The van der Waals surface area contributed by atoms with Crippen molar-refractivity contribution in [1.82, 2.24) is 5.32 Å². The number of hydrogen-bond acceptors (Lipinski definition) is 2. The standard InChI is InChI=1S/C18H23NO/c1-4-11-19-18(15-8-5-7-14(2)12-15)16-9-6-10-17(13-16)20-3/h5-10,12-13,18-19H,4,11H2,1-3H3. The molecule has 0 aliphatic carbocycles. The summed E-state index contributed by atoms with van der Waals surface area (Å²) in [5.41, 5.74) is 3.82. The van der Waals surface area contributed by atoms with Crippen LogP contribution >= 0.6 is 0 Å². The highest BCUT2D eigenvalue weighted by molar-refractivity contribution is 5.37. The van der Waals surface area contributed by atoms with Gasteiger partial charge in [0.1, 0.15) is 5.75 Å². The van der Waals surface area contributed by atoms with Crippen molar-refractivity contribution in [3.63, 3.8) is 0 Å². The molecule has 2 heteroatoms. The van der Waals surface area contributed by atoms with Crippen LogP contribution in [0.4, 0.5) is 0 Å². The Morgan fingerprint density at radius 1 is 1.05 bits per heavy atom. The monoisotopic (exact) mass is 269 g/mol. The number of rotatable bonds is 6. The summed E-state index contributed by atoms with van der Waals surface area (Å²) >= 11 is 0. The fraction of sp³-hybridized carbons (Fsp3) is 0.333. The summed E-state index contributed by atoms with van der Waals surface area (Å²) in [7, 11) is 1.71. The maximum atomic E-state index is 5.34. The second-order valence-electron chi connectivity index (χ2n) is 5.08. The average Bonchev–Trinajstić information content (AvgIpc) is 2.48. The van der Waals surface area contributed by atoms with E-state index in [1.807, 2.05) is 12.1 Å². The van der Waals surface area contributed by atoms with Gasteiger partial charge in [0.25, 0.3) is 0 Å². The molecule has 0 heterocycles. The zero-order chi connectivity index (χ0) is 14.4. The van der Waals surface area contributed by atoms with E-state index in [2.05, 4.69) is 55.6 Å². The highest BCUT2D eigenvalue weighted by atomic mass is 16.5. The second-order valence-corrected chi connectivity index (χ2v) is 5.08. The molecule has 2 aromatic carbocycles. The van der Waals surface area contributed by atoms with E-state index in [-0.39, 0.29) is 6.04 Å². The predicted octanol–water partition coefficient (Wildman–Crippen LogP) is 4.09. The minimum Gasteiger partial charge on any atom is -0.497 e. The Morgan fingerprint density at radius 2 is 1.75 bits per heavy atom. The number of aryl methyl sites for hydroxylation is 1. The molecule has 2 rings (SSSR count). The van der Waals surface area contributed by atoms with E-state index >= 15 is 0 Å². The third-order valence-corrected chi connectivity index (χ3v) is 3.40. The van der Waals surface area contributed by atoms with Gasteiger partial charge in [-0.25, -0.2) is 0 Å². The first-order valence-electron chi connectivity index (χ1n) is 7.18. The van der Waals surface area contributed by atoms with Crippen LogP contribution in [-0.2, 0) is 0 Å². The zero-order valence-corrected chi connectivity index (χ0v) is 12.5. The Labute approximate surface area is 121 Å². The second kappa shape index (κ2) is 7.11. The Kier molecular flexibility index (Phi) is 5.19. The Morgan fingerprint density at radius 3 is 2.40 bits per heavy atom. The first-order chi connectivity index (χ1) is 9.74. The molecule has 0 aliphatic heterocycles. The van der Waals surface area contributed by atoms with Crippen LogP contribution in [-0.4, -0.2) is 13.7 Å². The van der Waals surface area contributed by atoms with Crippen LogP contribution in [0.2, 0.25) is 0 Å². The molecule has 2 nitrogen and oxygen atoms in total. The van der Waals surface area contributed by atoms with Crippen molar-refractivity contribution >= 4 is 0 Å². The molecule has 106 valence electrons. The summed E-state index contributed by atoms with van der Waals surface area (Å²) in [6.07, 6.45) is 1.12. The van der Waals surface area contributed by atoms with Crippen molar-refractivity contribution in [3.8, 4) is 5.75 Å².